The van der Waals surface area contributed by atoms with Gasteiger partial charge in [0, 0.05) is 34.1 Å². The summed E-state index contributed by atoms with van der Waals surface area (Å²) in [5, 5.41) is 70.3. The third-order valence-corrected chi connectivity index (χ3v) is 6.57. The zero-order valence-corrected chi connectivity index (χ0v) is 18.4. The first-order valence-electron chi connectivity index (χ1n) is 10.8. The zero-order chi connectivity index (χ0) is 24.1. The highest BCUT2D eigenvalue weighted by atomic mass is 16.5. The molecule has 9 heteroatoms. The van der Waals surface area contributed by atoms with E-state index < -0.39 is 16.9 Å². The second-order valence-corrected chi connectivity index (χ2v) is 8.91. The van der Waals surface area contributed by atoms with E-state index in [1.165, 1.54) is 36.4 Å². The van der Waals surface area contributed by atoms with Crippen molar-refractivity contribution in [1.82, 2.24) is 0 Å². The van der Waals surface area contributed by atoms with Crippen LogP contribution < -0.4 is 0 Å². The van der Waals surface area contributed by atoms with Gasteiger partial charge in [-0.25, -0.2) is 0 Å². The molecular formula is C24H32O9. The Hall–Kier alpha value is -2.56. The molecule has 0 heterocycles. The number of phenolic OH excluding ortho intramolecular Hbond substituents is 4. The Labute approximate surface area is 192 Å². The third-order valence-electron chi connectivity index (χ3n) is 6.57. The van der Waals surface area contributed by atoms with Crippen LogP contribution in [0.15, 0.2) is 36.4 Å². The van der Waals surface area contributed by atoms with Crippen LogP contribution in [-0.2, 0) is 22.7 Å². The zero-order valence-electron chi connectivity index (χ0n) is 18.4. The molecule has 2 atom stereocenters. The van der Waals surface area contributed by atoms with Crippen molar-refractivity contribution in [2.75, 3.05) is 26.4 Å². The number of aliphatic hydroxyl groups excluding tert-OH is 3. The number of aliphatic hydroxyl groups is 3. The molecule has 0 radical (unpaired) electrons. The molecule has 1 aliphatic rings. The van der Waals surface area contributed by atoms with Gasteiger partial charge in [0.2, 0.25) is 0 Å². The molecule has 0 amide bonds. The number of benzene rings is 2. The predicted molar refractivity (Wildman–Crippen MR) is 118 cm³/mol. The minimum Gasteiger partial charge on any atom is -0.508 e. The summed E-state index contributed by atoms with van der Waals surface area (Å²) < 4.78 is 11.5. The first-order valence-corrected chi connectivity index (χ1v) is 10.8. The second kappa shape index (κ2) is 10.6. The topological polar surface area (TPSA) is 160 Å². The summed E-state index contributed by atoms with van der Waals surface area (Å²) in [5.74, 6) is -0.376. The SMILES string of the molecule is OCC1(COCc2ccc(O)cc2O)CCCC(CO)(COCc2ccc(O)cc2O)C1O. The fraction of sp³-hybridized carbons (Fsp3) is 0.500. The van der Waals surface area contributed by atoms with Gasteiger partial charge in [0.15, 0.2) is 0 Å². The molecule has 2 unspecified atom stereocenters. The molecule has 0 bridgehead atoms. The van der Waals surface area contributed by atoms with Gasteiger partial charge in [-0.15, -0.1) is 0 Å². The molecule has 0 spiro atoms. The Morgan fingerprint density at radius 3 is 1.52 bits per heavy atom. The van der Waals surface area contributed by atoms with Crippen molar-refractivity contribution in [2.24, 2.45) is 10.8 Å². The van der Waals surface area contributed by atoms with Gasteiger partial charge in [0.1, 0.15) is 23.0 Å². The van der Waals surface area contributed by atoms with E-state index in [1.54, 1.807) is 0 Å². The van der Waals surface area contributed by atoms with Crippen molar-refractivity contribution in [3.8, 4) is 23.0 Å². The Morgan fingerprint density at radius 1 is 0.727 bits per heavy atom. The lowest BCUT2D eigenvalue weighted by Gasteiger charge is -2.50. The van der Waals surface area contributed by atoms with Gasteiger partial charge < -0.3 is 45.2 Å². The standard InChI is InChI=1S/C24H32O9/c25-12-23(14-32-10-16-2-4-18(27)8-20(16)29)6-1-7-24(13-26,22(23)31)15-33-11-17-3-5-19(28)9-21(17)30/h2-5,8-9,22,25-31H,1,6-7,10-15H2. The lowest BCUT2D eigenvalue weighted by molar-refractivity contribution is -0.188. The van der Waals surface area contributed by atoms with E-state index in [2.05, 4.69) is 0 Å². The number of hydrogen-bond donors (Lipinski definition) is 7. The van der Waals surface area contributed by atoms with Crippen molar-refractivity contribution < 1.29 is 45.2 Å². The molecule has 33 heavy (non-hydrogen) atoms. The van der Waals surface area contributed by atoms with Crippen molar-refractivity contribution in [1.29, 1.82) is 0 Å². The van der Waals surface area contributed by atoms with Gasteiger partial charge in [-0.1, -0.05) is 6.42 Å². The Balaban J connectivity index is 1.66. The van der Waals surface area contributed by atoms with Gasteiger partial charge in [-0.3, -0.25) is 0 Å². The summed E-state index contributed by atoms with van der Waals surface area (Å²) in [6, 6.07) is 8.31. The fourth-order valence-corrected chi connectivity index (χ4v) is 4.52. The predicted octanol–water partition coefficient (Wildman–Crippen LogP) is 1.74. The van der Waals surface area contributed by atoms with E-state index in [4.69, 9.17) is 9.47 Å². The molecule has 0 aliphatic heterocycles. The van der Waals surface area contributed by atoms with Crippen molar-refractivity contribution in [3.05, 3.63) is 47.5 Å². The summed E-state index contributed by atoms with van der Waals surface area (Å²) in [7, 11) is 0. The minimum absolute atomic E-state index is 0.00845. The molecule has 1 fully saturated rings. The quantitative estimate of drug-likeness (QED) is 0.278. The van der Waals surface area contributed by atoms with E-state index in [9.17, 15) is 35.7 Å². The van der Waals surface area contributed by atoms with Gasteiger partial charge in [-0.05, 0) is 37.1 Å². The molecule has 2 aromatic carbocycles. The third kappa shape index (κ3) is 5.51. The molecular weight excluding hydrogens is 432 g/mol. The molecule has 3 rings (SSSR count). The van der Waals surface area contributed by atoms with Crippen LogP contribution in [0.25, 0.3) is 0 Å². The highest BCUT2D eigenvalue weighted by Gasteiger charge is 2.53. The van der Waals surface area contributed by atoms with Crippen molar-refractivity contribution >= 4 is 0 Å². The average molecular weight is 465 g/mol. The summed E-state index contributed by atoms with van der Waals surface area (Å²) in [4.78, 5) is 0. The highest BCUT2D eigenvalue weighted by Crippen LogP contribution is 2.47. The summed E-state index contributed by atoms with van der Waals surface area (Å²) in [6.45, 7) is -0.712. The average Bonchev–Trinajstić information content (AvgIpc) is 2.79. The van der Waals surface area contributed by atoms with Crippen LogP contribution in [0.5, 0.6) is 23.0 Å². The number of aromatic hydroxyl groups is 4. The Morgan fingerprint density at radius 2 is 1.15 bits per heavy atom. The molecule has 182 valence electrons. The van der Waals surface area contributed by atoms with E-state index in [0.717, 1.165) is 0 Å². The summed E-state index contributed by atoms with van der Waals surface area (Å²) >= 11 is 0. The molecule has 7 N–H and O–H groups in total. The molecule has 9 nitrogen and oxygen atoms in total. The number of rotatable bonds is 10. The molecule has 1 saturated carbocycles. The monoisotopic (exact) mass is 464 g/mol. The largest absolute Gasteiger partial charge is 0.508 e. The van der Waals surface area contributed by atoms with Crippen molar-refractivity contribution in [2.45, 2.75) is 38.6 Å². The highest BCUT2D eigenvalue weighted by molar-refractivity contribution is 5.39. The smallest absolute Gasteiger partial charge is 0.124 e. The van der Waals surface area contributed by atoms with Gasteiger partial charge in [-0.2, -0.15) is 0 Å². The Kier molecular flexibility index (Phi) is 8.04. The normalized spacial score (nSPS) is 25.2. The van der Waals surface area contributed by atoms with E-state index >= 15 is 0 Å². The number of phenols is 4. The fourth-order valence-electron chi connectivity index (χ4n) is 4.52. The summed E-state index contributed by atoms with van der Waals surface area (Å²) in [6.07, 6.45) is 0.454. The van der Waals surface area contributed by atoms with Gasteiger partial charge in [0.05, 0.1) is 45.7 Å². The lowest BCUT2D eigenvalue weighted by Crippen LogP contribution is -2.58. The molecule has 0 saturated heterocycles. The molecule has 2 aromatic rings. The van der Waals surface area contributed by atoms with Crippen LogP contribution in [-0.4, -0.2) is 68.3 Å². The van der Waals surface area contributed by atoms with Crippen LogP contribution >= 0.6 is 0 Å². The lowest BCUT2D eigenvalue weighted by atomic mass is 9.60. The maximum Gasteiger partial charge on any atom is 0.124 e. The van der Waals surface area contributed by atoms with E-state index in [1.807, 2.05) is 0 Å². The van der Waals surface area contributed by atoms with Crippen LogP contribution in [0.3, 0.4) is 0 Å². The number of hydrogen-bond acceptors (Lipinski definition) is 9. The first kappa shape index (κ1) is 25.1. The summed E-state index contributed by atoms with van der Waals surface area (Å²) in [5.41, 5.74) is -1.15. The first-order chi connectivity index (χ1) is 15.7. The Bertz CT molecular complexity index is 861. The van der Waals surface area contributed by atoms with E-state index in [0.29, 0.717) is 30.4 Å². The van der Waals surface area contributed by atoms with Gasteiger partial charge in [0.25, 0.3) is 0 Å². The second-order valence-electron chi connectivity index (χ2n) is 8.91. The maximum atomic E-state index is 11.3. The van der Waals surface area contributed by atoms with Crippen molar-refractivity contribution in [3.63, 3.8) is 0 Å². The van der Waals surface area contributed by atoms with Crippen LogP contribution in [0.1, 0.15) is 30.4 Å². The number of ether oxygens (including phenoxy) is 2. The van der Waals surface area contributed by atoms with Crippen LogP contribution in [0, 0.1) is 10.8 Å². The van der Waals surface area contributed by atoms with Crippen LogP contribution in [0.2, 0.25) is 0 Å². The minimum atomic E-state index is -1.13. The molecule has 0 aromatic heterocycles. The maximum absolute atomic E-state index is 11.3. The van der Waals surface area contributed by atoms with E-state index in [-0.39, 0.29) is 62.6 Å². The molecule has 1 aliphatic carbocycles. The van der Waals surface area contributed by atoms with Gasteiger partial charge >= 0.3 is 0 Å². The van der Waals surface area contributed by atoms with Crippen LogP contribution in [0.4, 0.5) is 0 Å².